The number of rotatable bonds is 2. The van der Waals surface area contributed by atoms with Crippen molar-refractivity contribution < 1.29 is 15.0 Å². The Labute approximate surface area is 103 Å². The van der Waals surface area contributed by atoms with E-state index in [9.17, 15) is 15.0 Å². The number of phenolic OH excluding ortho intramolecular Hbond substituents is 2. The molecule has 0 radical (unpaired) electrons. The molecule has 0 amide bonds. The molecule has 2 aromatic rings. The van der Waals surface area contributed by atoms with Crippen molar-refractivity contribution >= 4 is 17.4 Å². The Morgan fingerprint density at radius 1 is 1.00 bits per heavy atom. The minimum absolute atomic E-state index is 0.0623. The lowest BCUT2D eigenvalue weighted by atomic mass is 10.0. The Kier molecular flexibility index (Phi) is 3.02. The molecule has 0 bridgehead atoms. The van der Waals surface area contributed by atoms with Crippen LogP contribution >= 0.6 is 11.6 Å². The Bertz CT molecular complexity index is 561. The van der Waals surface area contributed by atoms with E-state index < -0.39 is 0 Å². The number of hydrogen-bond acceptors (Lipinski definition) is 3. The van der Waals surface area contributed by atoms with Gasteiger partial charge in [-0.1, -0.05) is 11.6 Å². The van der Waals surface area contributed by atoms with Gasteiger partial charge in [0.25, 0.3) is 0 Å². The molecule has 0 spiro atoms. The molecule has 0 aliphatic heterocycles. The fourth-order valence-electron chi connectivity index (χ4n) is 1.46. The first kappa shape index (κ1) is 11.5. The van der Waals surface area contributed by atoms with Gasteiger partial charge in [-0.2, -0.15) is 0 Å². The first-order valence-electron chi connectivity index (χ1n) is 4.90. The number of benzene rings is 2. The number of hydrogen-bond donors (Lipinski definition) is 2. The summed E-state index contributed by atoms with van der Waals surface area (Å²) in [6.45, 7) is 0. The predicted octanol–water partition coefficient (Wildman–Crippen LogP) is 2.98. The third-order valence-electron chi connectivity index (χ3n) is 2.33. The van der Waals surface area contributed by atoms with Crippen molar-refractivity contribution in [3.8, 4) is 11.5 Å². The maximum absolute atomic E-state index is 12.0. The van der Waals surface area contributed by atoms with Gasteiger partial charge in [0, 0.05) is 10.6 Å². The molecular weight excluding hydrogens is 240 g/mol. The average Bonchev–Trinajstić information content (AvgIpc) is 2.32. The first-order chi connectivity index (χ1) is 8.08. The van der Waals surface area contributed by atoms with Gasteiger partial charge in [0.2, 0.25) is 0 Å². The van der Waals surface area contributed by atoms with E-state index in [4.69, 9.17) is 11.6 Å². The van der Waals surface area contributed by atoms with E-state index in [1.165, 1.54) is 18.2 Å². The highest BCUT2D eigenvalue weighted by Crippen LogP contribution is 2.25. The van der Waals surface area contributed by atoms with Crippen molar-refractivity contribution in [1.29, 1.82) is 0 Å². The summed E-state index contributed by atoms with van der Waals surface area (Å²) in [5.74, 6) is -0.599. The van der Waals surface area contributed by atoms with Gasteiger partial charge in [0.1, 0.15) is 11.5 Å². The standard InChI is InChI=1S/C13H9ClO3/c14-9-3-1-8(2-4-9)13(17)11-7-10(15)5-6-12(11)16/h1-7,15-16H. The molecule has 0 atom stereocenters. The van der Waals surface area contributed by atoms with E-state index in [0.29, 0.717) is 10.6 Å². The summed E-state index contributed by atoms with van der Waals surface area (Å²) in [4.78, 5) is 12.0. The SMILES string of the molecule is O=C(c1ccc(Cl)cc1)c1cc(O)ccc1O. The summed E-state index contributed by atoms with van der Waals surface area (Å²) in [5.41, 5.74) is 0.461. The Morgan fingerprint density at radius 3 is 2.29 bits per heavy atom. The molecule has 4 heteroatoms. The molecule has 0 saturated carbocycles. The van der Waals surface area contributed by atoms with E-state index in [-0.39, 0.29) is 22.8 Å². The van der Waals surface area contributed by atoms with Crippen LogP contribution in [-0.2, 0) is 0 Å². The van der Waals surface area contributed by atoms with Crippen LogP contribution in [0.1, 0.15) is 15.9 Å². The molecule has 86 valence electrons. The lowest BCUT2D eigenvalue weighted by Gasteiger charge is -2.04. The summed E-state index contributed by atoms with van der Waals surface area (Å²) in [5, 5.41) is 19.4. The molecule has 17 heavy (non-hydrogen) atoms. The Hall–Kier alpha value is -2.00. The molecule has 2 aromatic carbocycles. The lowest BCUT2D eigenvalue weighted by Crippen LogP contribution is -2.01. The Morgan fingerprint density at radius 2 is 1.65 bits per heavy atom. The molecule has 0 fully saturated rings. The highest BCUT2D eigenvalue weighted by atomic mass is 35.5. The quantitative estimate of drug-likeness (QED) is 0.635. The molecule has 2 N–H and O–H groups in total. The minimum Gasteiger partial charge on any atom is -0.508 e. The smallest absolute Gasteiger partial charge is 0.196 e. The lowest BCUT2D eigenvalue weighted by molar-refractivity contribution is 0.103. The molecule has 2 rings (SSSR count). The van der Waals surface area contributed by atoms with E-state index in [0.717, 1.165) is 0 Å². The molecule has 0 unspecified atom stereocenters. The summed E-state index contributed by atoms with van der Waals surface area (Å²) < 4.78 is 0. The van der Waals surface area contributed by atoms with Gasteiger partial charge in [0.05, 0.1) is 5.56 Å². The molecule has 0 aliphatic carbocycles. The largest absolute Gasteiger partial charge is 0.508 e. The number of carbonyl (C=O) groups excluding carboxylic acids is 1. The van der Waals surface area contributed by atoms with Gasteiger partial charge < -0.3 is 10.2 Å². The van der Waals surface area contributed by atoms with E-state index in [1.807, 2.05) is 0 Å². The van der Waals surface area contributed by atoms with Crippen LogP contribution in [0.25, 0.3) is 0 Å². The van der Waals surface area contributed by atoms with Crippen LogP contribution in [0.5, 0.6) is 11.5 Å². The van der Waals surface area contributed by atoms with Crippen LogP contribution < -0.4 is 0 Å². The predicted molar refractivity (Wildman–Crippen MR) is 64.7 cm³/mol. The zero-order chi connectivity index (χ0) is 12.4. The fraction of sp³-hybridized carbons (Fsp3) is 0. The summed E-state index contributed by atoms with van der Waals surface area (Å²) in [6.07, 6.45) is 0. The topological polar surface area (TPSA) is 57.5 Å². The highest BCUT2D eigenvalue weighted by Gasteiger charge is 2.14. The number of halogens is 1. The third-order valence-corrected chi connectivity index (χ3v) is 2.58. The maximum Gasteiger partial charge on any atom is 0.196 e. The zero-order valence-corrected chi connectivity index (χ0v) is 9.48. The second-order valence-electron chi connectivity index (χ2n) is 3.54. The maximum atomic E-state index is 12.0. The molecule has 0 saturated heterocycles. The van der Waals surface area contributed by atoms with Gasteiger partial charge in [-0.25, -0.2) is 0 Å². The van der Waals surface area contributed by atoms with Crippen LogP contribution in [0.15, 0.2) is 42.5 Å². The Balaban J connectivity index is 2.43. The van der Waals surface area contributed by atoms with Crippen molar-refractivity contribution in [2.75, 3.05) is 0 Å². The number of carbonyl (C=O) groups is 1. The number of phenols is 2. The summed E-state index contributed by atoms with van der Waals surface area (Å²) in [6, 6.07) is 10.1. The fourth-order valence-corrected chi connectivity index (χ4v) is 1.59. The van der Waals surface area contributed by atoms with Gasteiger partial charge in [-0.15, -0.1) is 0 Å². The van der Waals surface area contributed by atoms with E-state index in [2.05, 4.69) is 0 Å². The number of aromatic hydroxyl groups is 2. The molecule has 3 nitrogen and oxygen atoms in total. The molecule has 0 aromatic heterocycles. The zero-order valence-electron chi connectivity index (χ0n) is 8.72. The van der Waals surface area contributed by atoms with Crippen molar-refractivity contribution in [2.24, 2.45) is 0 Å². The second-order valence-corrected chi connectivity index (χ2v) is 3.97. The van der Waals surface area contributed by atoms with Crippen LogP contribution in [-0.4, -0.2) is 16.0 Å². The van der Waals surface area contributed by atoms with Gasteiger partial charge in [0.15, 0.2) is 5.78 Å². The van der Waals surface area contributed by atoms with Crippen LogP contribution in [0, 0.1) is 0 Å². The molecular formula is C13H9ClO3. The van der Waals surface area contributed by atoms with Crippen LogP contribution in [0.4, 0.5) is 0 Å². The molecule has 0 aliphatic rings. The van der Waals surface area contributed by atoms with E-state index in [1.54, 1.807) is 24.3 Å². The number of ketones is 1. The van der Waals surface area contributed by atoms with Crippen molar-refractivity contribution in [2.45, 2.75) is 0 Å². The summed E-state index contributed by atoms with van der Waals surface area (Å²) >= 11 is 5.72. The minimum atomic E-state index is -0.366. The monoisotopic (exact) mass is 248 g/mol. The normalized spacial score (nSPS) is 10.2. The third kappa shape index (κ3) is 2.40. The highest BCUT2D eigenvalue weighted by molar-refractivity contribution is 6.30. The molecule has 0 heterocycles. The van der Waals surface area contributed by atoms with Crippen molar-refractivity contribution in [1.82, 2.24) is 0 Å². The van der Waals surface area contributed by atoms with Crippen LogP contribution in [0.2, 0.25) is 5.02 Å². The van der Waals surface area contributed by atoms with Crippen molar-refractivity contribution in [3.05, 3.63) is 58.6 Å². The average molecular weight is 249 g/mol. The second kappa shape index (κ2) is 4.47. The summed E-state index contributed by atoms with van der Waals surface area (Å²) in [7, 11) is 0. The van der Waals surface area contributed by atoms with Crippen molar-refractivity contribution in [3.63, 3.8) is 0 Å². The van der Waals surface area contributed by atoms with E-state index >= 15 is 0 Å². The van der Waals surface area contributed by atoms with Gasteiger partial charge in [-0.05, 0) is 42.5 Å². The first-order valence-corrected chi connectivity index (χ1v) is 5.28. The van der Waals surface area contributed by atoms with Gasteiger partial charge >= 0.3 is 0 Å². The van der Waals surface area contributed by atoms with Crippen LogP contribution in [0.3, 0.4) is 0 Å². The van der Waals surface area contributed by atoms with Gasteiger partial charge in [-0.3, -0.25) is 4.79 Å².